The van der Waals surface area contributed by atoms with Gasteiger partial charge in [0.2, 0.25) is 11.5 Å². The Morgan fingerprint density at radius 2 is 1.69 bits per heavy atom. The van der Waals surface area contributed by atoms with Crippen molar-refractivity contribution < 1.29 is 74.1 Å². The van der Waals surface area contributed by atoms with Crippen LogP contribution >= 0.6 is 0 Å². The Bertz CT molecular complexity index is 945. The van der Waals surface area contributed by atoms with E-state index in [2.05, 4.69) is 8.37 Å². The number of aliphatic hydroxyl groups excluding tert-OH is 4. The SMILES string of the molecule is O=C(O)C1OC(C2C(OS(=O)(=O)O)OC(CO)C2O)=C(OS(=O)(=O)O)C(O)=C1O. The summed E-state index contributed by atoms with van der Waals surface area (Å²) < 4.78 is 79.7. The Hall–Kier alpha value is -2.19. The fraction of sp³-hybridized carbons (Fsp3) is 0.545. The van der Waals surface area contributed by atoms with E-state index in [0.29, 0.717) is 0 Å². The summed E-state index contributed by atoms with van der Waals surface area (Å²) in [6.45, 7) is -0.972. The van der Waals surface area contributed by atoms with Gasteiger partial charge in [0.15, 0.2) is 17.8 Å². The number of ether oxygens (including phenoxy) is 2. The zero-order chi connectivity index (χ0) is 22.3. The zero-order valence-corrected chi connectivity index (χ0v) is 15.3. The van der Waals surface area contributed by atoms with E-state index in [1.165, 1.54) is 0 Å². The minimum atomic E-state index is -5.44. The summed E-state index contributed by atoms with van der Waals surface area (Å²) in [5.41, 5.74) is 0. The molecule has 2 rings (SSSR count). The number of aliphatic hydroxyl groups is 4. The average molecular weight is 466 g/mol. The lowest BCUT2D eigenvalue weighted by Gasteiger charge is -2.29. The number of carbonyl (C=O) groups is 1. The molecule has 16 nitrogen and oxygen atoms in total. The minimum Gasteiger partial charge on any atom is -0.505 e. The summed E-state index contributed by atoms with van der Waals surface area (Å²) in [7, 11) is -10.7. The third kappa shape index (κ3) is 5.05. The van der Waals surface area contributed by atoms with Crippen LogP contribution in [0, 0.1) is 5.92 Å². The smallest absolute Gasteiger partial charge is 0.446 e. The van der Waals surface area contributed by atoms with Crippen LogP contribution in [0.5, 0.6) is 0 Å². The van der Waals surface area contributed by atoms with E-state index in [1.54, 1.807) is 0 Å². The second kappa shape index (κ2) is 7.91. The van der Waals surface area contributed by atoms with Crippen molar-refractivity contribution in [3.8, 4) is 0 Å². The first-order chi connectivity index (χ1) is 13.2. The fourth-order valence-corrected chi connectivity index (χ4v) is 3.31. The van der Waals surface area contributed by atoms with E-state index in [9.17, 15) is 42.1 Å². The van der Waals surface area contributed by atoms with Gasteiger partial charge in [-0.2, -0.15) is 16.8 Å². The van der Waals surface area contributed by atoms with E-state index in [-0.39, 0.29) is 0 Å². The lowest BCUT2D eigenvalue weighted by atomic mass is 9.95. The summed E-state index contributed by atoms with van der Waals surface area (Å²) in [5, 5.41) is 48.1. The standard InChI is InChI=1S/C11H14O16S2/c12-1-2-4(13)3(11(24-2)27-29(21,22)23)7-8(26-28(18,19)20)5(14)6(15)9(25-7)10(16)17/h2-4,9,11-15H,1H2,(H,16,17)(H,18,19,20)(H,21,22,23). The third-order valence-electron chi connectivity index (χ3n) is 3.64. The molecule has 0 saturated carbocycles. The van der Waals surface area contributed by atoms with E-state index in [1.807, 2.05) is 0 Å². The third-order valence-corrected chi connectivity index (χ3v) is 4.45. The van der Waals surface area contributed by atoms with E-state index in [0.717, 1.165) is 0 Å². The van der Waals surface area contributed by atoms with Crippen LogP contribution in [0.25, 0.3) is 0 Å². The Labute approximate surface area is 161 Å². The molecule has 1 fully saturated rings. The van der Waals surface area contributed by atoms with Crippen molar-refractivity contribution in [3.05, 3.63) is 23.0 Å². The summed E-state index contributed by atoms with van der Waals surface area (Å²) in [6, 6.07) is 0. The molecule has 0 aromatic rings. The van der Waals surface area contributed by atoms with Crippen molar-refractivity contribution in [1.29, 1.82) is 0 Å². The first kappa shape index (κ1) is 23.1. The van der Waals surface area contributed by atoms with Crippen LogP contribution in [-0.4, -0.2) is 88.7 Å². The second-order valence-corrected chi connectivity index (χ2v) is 7.61. The van der Waals surface area contributed by atoms with Gasteiger partial charge in [0.05, 0.1) is 12.7 Å². The van der Waals surface area contributed by atoms with Crippen LogP contribution < -0.4 is 0 Å². The lowest BCUT2D eigenvalue weighted by Crippen LogP contribution is -2.39. The predicted molar refractivity (Wildman–Crippen MR) is 82.3 cm³/mol. The number of carboxylic acids is 1. The van der Waals surface area contributed by atoms with Crippen molar-refractivity contribution >= 4 is 26.8 Å². The maximum atomic E-state index is 11.2. The quantitative estimate of drug-likeness (QED) is 0.189. The Morgan fingerprint density at radius 1 is 1.10 bits per heavy atom. The molecule has 0 radical (unpaired) electrons. The topological polar surface area (TPSA) is 264 Å². The first-order valence-electron chi connectivity index (χ1n) is 7.19. The molecule has 1 saturated heterocycles. The second-order valence-electron chi connectivity index (χ2n) is 5.54. The molecular weight excluding hydrogens is 452 g/mol. The van der Waals surface area contributed by atoms with Gasteiger partial charge in [-0.25, -0.2) is 8.98 Å². The van der Waals surface area contributed by atoms with Gasteiger partial charge in [0.1, 0.15) is 12.0 Å². The van der Waals surface area contributed by atoms with Gasteiger partial charge in [-0.3, -0.25) is 9.11 Å². The fourth-order valence-electron chi connectivity index (χ4n) is 2.54. The zero-order valence-electron chi connectivity index (χ0n) is 13.7. The molecule has 0 amide bonds. The maximum absolute atomic E-state index is 11.2. The molecule has 0 aromatic heterocycles. The van der Waals surface area contributed by atoms with Crippen LogP contribution in [0.2, 0.25) is 0 Å². The molecule has 2 aliphatic rings. The molecule has 18 heteroatoms. The molecule has 5 unspecified atom stereocenters. The van der Waals surface area contributed by atoms with Crippen molar-refractivity contribution in [1.82, 2.24) is 0 Å². The maximum Gasteiger partial charge on any atom is 0.446 e. The van der Waals surface area contributed by atoms with Crippen LogP contribution in [0.3, 0.4) is 0 Å². The molecule has 29 heavy (non-hydrogen) atoms. The van der Waals surface area contributed by atoms with Crippen LogP contribution in [0.4, 0.5) is 0 Å². The van der Waals surface area contributed by atoms with Gasteiger partial charge in [-0.1, -0.05) is 0 Å². The molecule has 2 aliphatic heterocycles. The number of hydrogen-bond acceptors (Lipinski definition) is 13. The number of carboxylic acid groups (broad SMARTS) is 1. The lowest BCUT2D eigenvalue weighted by molar-refractivity contribution is -0.150. The summed E-state index contributed by atoms with van der Waals surface area (Å²) in [5.74, 6) is -9.64. The molecule has 166 valence electrons. The highest BCUT2D eigenvalue weighted by atomic mass is 32.3. The predicted octanol–water partition coefficient (Wildman–Crippen LogP) is -2.66. The molecule has 7 N–H and O–H groups in total. The van der Waals surface area contributed by atoms with Gasteiger partial charge in [-0.05, 0) is 0 Å². The largest absolute Gasteiger partial charge is 0.505 e. The van der Waals surface area contributed by atoms with Crippen LogP contribution in [0.1, 0.15) is 0 Å². The molecule has 0 aromatic carbocycles. The molecule has 0 bridgehead atoms. The monoisotopic (exact) mass is 466 g/mol. The number of aliphatic carboxylic acids is 1. The van der Waals surface area contributed by atoms with Crippen LogP contribution in [0.15, 0.2) is 23.0 Å². The highest BCUT2D eigenvalue weighted by molar-refractivity contribution is 7.81. The Balaban J connectivity index is 2.68. The molecule has 0 aliphatic carbocycles. The summed E-state index contributed by atoms with van der Waals surface area (Å²) in [6.07, 6.45) is -8.29. The highest BCUT2D eigenvalue weighted by Gasteiger charge is 2.53. The Morgan fingerprint density at radius 3 is 2.14 bits per heavy atom. The van der Waals surface area contributed by atoms with Gasteiger partial charge >= 0.3 is 26.8 Å². The van der Waals surface area contributed by atoms with E-state index in [4.69, 9.17) is 23.7 Å². The minimum absolute atomic E-state index is 0.972. The van der Waals surface area contributed by atoms with Crippen molar-refractivity contribution in [2.24, 2.45) is 5.92 Å². The summed E-state index contributed by atoms with van der Waals surface area (Å²) >= 11 is 0. The Kier molecular flexibility index (Phi) is 6.30. The first-order valence-corrected chi connectivity index (χ1v) is 9.92. The molecule has 0 spiro atoms. The van der Waals surface area contributed by atoms with Gasteiger partial charge in [0.25, 0.3) is 6.10 Å². The van der Waals surface area contributed by atoms with Crippen molar-refractivity contribution in [2.75, 3.05) is 6.61 Å². The highest BCUT2D eigenvalue weighted by Crippen LogP contribution is 2.41. The van der Waals surface area contributed by atoms with E-state index >= 15 is 0 Å². The number of rotatable bonds is 7. The number of hydrogen-bond donors (Lipinski definition) is 7. The van der Waals surface area contributed by atoms with Gasteiger partial charge < -0.3 is 39.2 Å². The normalized spacial score (nSPS) is 31.0. The van der Waals surface area contributed by atoms with E-state index < -0.39 is 86.9 Å². The van der Waals surface area contributed by atoms with Crippen molar-refractivity contribution in [2.45, 2.75) is 24.6 Å². The molecule has 5 atom stereocenters. The molecule has 2 heterocycles. The van der Waals surface area contributed by atoms with Gasteiger partial charge in [-0.15, -0.1) is 0 Å². The van der Waals surface area contributed by atoms with Crippen molar-refractivity contribution in [3.63, 3.8) is 0 Å². The molecular formula is C11H14O16S2. The van der Waals surface area contributed by atoms with Crippen LogP contribution in [-0.2, 0) is 43.4 Å². The van der Waals surface area contributed by atoms with Gasteiger partial charge in [0, 0.05) is 0 Å². The average Bonchev–Trinajstić information content (AvgIpc) is 2.84. The summed E-state index contributed by atoms with van der Waals surface area (Å²) in [4.78, 5) is 11.2.